The van der Waals surface area contributed by atoms with Gasteiger partial charge in [-0.15, -0.1) is 0 Å². The second-order valence-electron chi connectivity index (χ2n) is 3.13. The Morgan fingerprint density at radius 1 is 1.71 bits per heavy atom. The number of nitro groups is 1. The van der Waals surface area contributed by atoms with E-state index in [0.717, 1.165) is 12.1 Å². The van der Waals surface area contributed by atoms with E-state index in [-0.39, 0.29) is 5.84 Å². The third kappa shape index (κ3) is 2.80. The van der Waals surface area contributed by atoms with Gasteiger partial charge < -0.3 is 15.7 Å². The molecular formula is C9H10FN3O4. The lowest BCUT2D eigenvalue weighted by Gasteiger charge is -2.13. The van der Waals surface area contributed by atoms with Crippen LogP contribution in [-0.2, 0) is 0 Å². The van der Waals surface area contributed by atoms with E-state index in [1.54, 1.807) is 0 Å². The maximum absolute atomic E-state index is 13.4. The summed E-state index contributed by atoms with van der Waals surface area (Å²) in [6, 6.07) is 3.30. The number of hydrogen-bond donors (Lipinski definition) is 2. The Kier molecular flexibility index (Phi) is 3.81. The Bertz CT molecular complexity index is 464. The lowest BCUT2D eigenvalue weighted by molar-refractivity contribution is -0.386. The Hall–Kier alpha value is -2.38. The normalized spacial score (nSPS) is 13.2. The minimum atomic E-state index is -0.990. The van der Waals surface area contributed by atoms with Crippen molar-refractivity contribution in [2.24, 2.45) is 10.9 Å². The number of oxime groups is 1. The summed E-state index contributed by atoms with van der Waals surface area (Å²) in [4.78, 5) is 9.86. The monoisotopic (exact) mass is 243 g/mol. The van der Waals surface area contributed by atoms with Crippen molar-refractivity contribution in [2.45, 2.75) is 13.0 Å². The van der Waals surface area contributed by atoms with Gasteiger partial charge >= 0.3 is 5.69 Å². The summed E-state index contributed by atoms with van der Waals surface area (Å²) in [7, 11) is 0. The number of nitrogens with two attached hydrogens (primary N) is 1. The molecule has 0 fully saturated rings. The van der Waals surface area contributed by atoms with Crippen LogP contribution in [0, 0.1) is 15.9 Å². The van der Waals surface area contributed by atoms with E-state index in [1.807, 2.05) is 0 Å². The second-order valence-corrected chi connectivity index (χ2v) is 3.13. The Morgan fingerprint density at radius 2 is 2.35 bits per heavy atom. The summed E-state index contributed by atoms with van der Waals surface area (Å²) in [6.07, 6.45) is -0.990. The van der Waals surface area contributed by atoms with E-state index in [4.69, 9.17) is 15.7 Å². The smallest absolute Gasteiger partial charge is 0.314 e. The van der Waals surface area contributed by atoms with Crippen LogP contribution >= 0.6 is 0 Å². The minimum Gasteiger partial charge on any atom is -0.473 e. The molecule has 0 aromatic heterocycles. The minimum absolute atomic E-state index is 0.317. The SMILES string of the molecule is CC(Oc1c(F)cccc1[N+](=O)[O-])/C(N)=N/O. The highest BCUT2D eigenvalue weighted by molar-refractivity contribution is 5.84. The molecule has 0 aliphatic carbocycles. The quantitative estimate of drug-likeness (QED) is 0.272. The number of benzene rings is 1. The molecule has 1 aromatic carbocycles. The number of nitrogens with zero attached hydrogens (tertiary/aromatic N) is 2. The maximum Gasteiger partial charge on any atom is 0.314 e. The van der Waals surface area contributed by atoms with E-state index in [0.29, 0.717) is 0 Å². The van der Waals surface area contributed by atoms with Crippen LogP contribution in [0.2, 0.25) is 0 Å². The highest BCUT2D eigenvalue weighted by atomic mass is 19.1. The first-order valence-corrected chi connectivity index (χ1v) is 4.54. The predicted octanol–water partition coefficient (Wildman–Crippen LogP) is 1.25. The van der Waals surface area contributed by atoms with E-state index in [1.165, 1.54) is 13.0 Å². The summed E-state index contributed by atoms with van der Waals surface area (Å²) < 4.78 is 18.3. The Morgan fingerprint density at radius 3 is 2.88 bits per heavy atom. The van der Waals surface area contributed by atoms with Crippen molar-refractivity contribution in [2.75, 3.05) is 0 Å². The van der Waals surface area contributed by atoms with Gasteiger partial charge in [-0.2, -0.15) is 0 Å². The van der Waals surface area contributed by atoms with Gasteiger partial charge in [0.15, 0.2) is 17.8 Å². The summed E-state index contributed by atoms with van der Waals surface area (Å²) in [5, 5.41) is 21.7. The average molecular weight is 243 g/mol. The average Bonchev–Trinajstić information content (AvgIpc) is 2.30. The maximum atomic E-state index is 13.4. The van der Waals surface area contributed by atoms with E-state index in [2.05, 4.69) is 5.16 Å². The highest BCUT2D eigenvalue weighted by Gasteiger charge is 2.22. The first-order chi connectivity index (χ1) is 7.97. The van der Waals surface area contributed by atoms with Crippen molar-refractivity contribution in [3.8, 4) is 5.75 Å². The van der Waals surface area contributed by atoms with Crippen LogP contribution in [0.4, 0.5) is 10.1 Å². The van der Waals surface area contributed by atoms with Gasteiger partial charge in [-0.3, -0.25) is 10.1 Å². The summed E-state index contributed by atoms with van der Waals surface area (Å²) >= 11 is 0. The Labute approximate surface area is 95.4 Å². The van der Waals surface area contributed by atoms with Crippen LogP contribution in [0.25, 0.3) is 0 Å². The molecule has 0 aliphatic heterocycles. The number of para-hydroxylation sites is 1. The van der Waals surface area contributed by atoms with Crippen molar-refractivity contribution in [1.29, 1.82) is 0 Å². The number of amidine groups is 1. The molecule has 92 valence electrons. The molecule has 1 atom stereocenters. The number of halogens is 1. The van der Waals surface area contributed by atoms with E-state index >= 15 is 0 Å². The lowest BCUT2D eigenvalue weighted by atomic mass is 10.2. The number of rotatable bonds is 4. The number of ether oxygens (including phenoxy) is 1. The molecule has 0 amide bonds. The van der Waals surface area contributed by atoms with Gasteiger partial charge in [0.2, 0.25) is 5.75 Å². The molecule has 0 saturated carbocycles. The van der Waals surface area contributed by atoms with Crippen molar-refractivity contribution in [1.82, 2.24) is 0 Å². The second kappa shape index (κ2) is 5.10. The van der Waals surface area contributed by atoms with Gasteiger partial charge in [0.1, 0.15) is 0 Å². The van der Waals surface area contributed by atoms with Crippen LogP contribution in [0.5, 0.6) is 5.75 Å². The highest BCUT2D eigenvalue weighted by Crippen LogP contribution is 2.30. The summed E-state index contributed by atoms with van der Waals surface area (Å²) in [6.45, 7) is 1.37. The Balaban J connectivity index is 3.09. The molecule has 3 N–H and O–H groups in total. The largest absolute Gasteiger partial charge is 0.473 e. The molecule has 1 unspecified atom stereocenters. The van der Waals surface area contributed by atoms with Crippen molar-refractivity contribution in [3.63, 3.8) is 0 Å². The summed E-state index contributed by atoms with van der Waals surface area (Å²) in [5.41, 5.74) is 4.70. The van der Waals surface area contributed by atoms with Crippen LogP contribution in [0.15, 0.2) is 23.4 Å². The number of hydrogen-bond acceptors (Lipinski definition) is 5. The molecule has 0 radical (unpaired) electrons. The molecule has 0 aliphatic rings. The molecule has 0 spiro atoms. The molecule has 8 heteroatoms. The van der Waals surface area contributed by atoms with Gasteiger partial charge in [0.05, 0.1) is 4.92 Å². The molecule has 1 aromatic rings. The first kappa shape index (κ1) is 12.7. The topological polar surface area (TPSA) is 111 Å². The van der Waals surface area contributed by atoms with E-state index in [9.17, 15) is 14.5 Å². The van der Waals surface area contributed by atoms with Crippen molar-refractivity contribution >= 4 is 11.5 Å². The fourth-order valence-corrected chi connectivity index (χ4v) is 1.08. The molecular weight excluding hydrogens is 233 g/mol. The standard InChI is InChI=1S/C9H10FN3O4/c1-5(9(11)12-14)17-8-6(10)3-2-4-7(8)13(15)16/h2-5,14H,1H3,(H2,11,12). The summed E-state index contributed by atoms with van der Waals surface area (Å²) in [5.74, 6) is -1.75. The van der Waals surface area contributed by atoms with Crippen LogP contribution < -0.4 is 10.5 Å². The molecule has 0 saturated heterocycles. The van der Waals surface area contributed by atoms with Crippen LogP contribution in [0.3, 0.4) is 0 Å². The molecule has 1 rings (SSSR count). The van der Waals surface area contributed by atoms with Gasteiger partial charge in [-0.1, -0.05) is 11.2 Å². The lowest BCUT2D eigenvalue weighted by Crippen LogP contribution is -2.31. The van der Waals surface area contributed by atoms with Crippen LogP contribution in [0.1, 0.15) is 6.92 Å². The fraction of sp³-hybridized carbons (Fsp3) is 0.222. The zero-order valence-corrected chi connectivity index (χ0v) is 8.83. The fourth-order valence-electron chi connectivity index (χ4n) is 1.08. The number of nitro benzene ring substituents is 1. The van der Waals surface area contributed by atoms with Gasteiger partial charge in [-0.05, 0) is 13.0 Å². The van der Waals surface area contributed by atoms with Crippen molar-refractivity contribution < 1.29 is 19.3 Å². The molecule has 7 nitrogen and oxygen atoms in total. The molecule has 0 heterocycles. The van der Waals surface area contributed by atoms with Crippen molar-refractivity contribution in [3.05, 3.63) is 34.1 Å². The van der Waals surface area contributed by atoms with Gasteiger partial charge in [0.25, 0.3) is 0 Å². The molecule has 17 heavy (non-hydrogen) atoms. The van der Waals surface area contributed by atoms with Crippen LogP contribution in [-0.4, -0.2) is 22.1 Å². The van der Waals surface area contributed by atoms with Gasteiger partial charge in [-0.25, -0.2) is 4.39 Å². The third-order valence-electron chi connectivity index (χ3n) is 1.97. The zero-order chi connectivity index (χ0) is 13.0. The zero-order valence-electron chi connectivity index (χ0n) is 8.83. The predicted molar refractivity (Wildman–Crippen MR) is 56.6 cm³/mol. The van der Waals surface area contributed by atoms with E-state index < -0.39 is 28.3 Å². The van der Waals surface area contributed by atoms with Gasteiger partial charge in [0, 0.05) is 6.07 Å². The third-order valence-corrected chi connectivity index (χ3v) is 1.97. The first-order valence-electron chi connectivity index (χ1n) is 4.54. The molecule has 0 bridgehead atoms.